The first-order valence-electron chi connectivity index (χ1n) is 13.0. The van der Waals surface area contributed by atoms with Crippen molar-refractivity contribution in [2.24, 2.45) is 11.7 Å². The summed E-state index contributed by atoms with van der Waals surface area (Å²) >= 11 is 1.28. The molecule has 1 aliphatic rings. The summed E-state index contributed by atoms with van der Waals surface area (Å²) in [6, 6.07) is 9.72. The molecule has 224 valence electrons. The third-order valence-corrected chi connectivity index (χ3v) is 7.87. The summed E-state index contributed by atoms with van der Waals surface area (Å²) in [6.45, 7) is 2.49. The van der Waals surface area contributed by atoms with Crippen LogP contribution in [0.15, 0.2) is 48.5 Å². The number of amides is 3. The molecule has 0 radical (unpaired) electrons. The molecule has 43 heavy (non-hydrogen) atoms. The number of thiazole rings is 1. The fourth-order valence-electron chi connectivity index (χ4n) is 4.82. The van der Waals surface area contributed by atoms with Gasteiger partial charge in [0.25, 0.3) is 11.8 Å². The van der Waals surface area contributed by atoms with E-state index in [0.29, 0.717) is 46.1 Å². The summed E-state index contributed by atoms with van der Waals surface area (Å²) in [6.07, 6.45) is -4.68. The molecule has 0 spiro atoms. The summed E-state index contributed by atoms with van der Waals surface area (Å²) in [5.74, 6) is -2.96. The number of rotatable bonds is 7. The van der Waals surface area contributed by atoms with Gasteiger partial charge in [-0.3, -0.25) is 14.4 Å². The largest absolute Gasteiger partial charge is 0.496 e. The van der Waals surface area contributed by atoms with E-state index in [9.17, 15) is 31.9 Å². The molecule has 0 aliphatic carbocycles. The fourth-order valence-corrected chi connectivity index (χ4v) is 5.67. The number of aryl methyl sites for hydroxylation is 1. The van der Waals surface area contributed by atoms with E-state index in [0.717, 1.165) is 6.07 Å². The van der Waals surface area contributed by atoms with E-state index in [1.54, 1.807) is 19.1 Å². The lowest BCUT2D eigenvalue weighted by atomic mass is 10.1. The van der Waals surface area contributed by atoms with Gasteiger partial charge in [-0.2, -0.15) is 13.2 Å². The van der Waals surface area contributed by atoms with E-state index in [1.165, 1.54) is 41.5 Å². The van der Waals surface area contributed by atoms with Crippen molar-refractivity contribution >= 4 is 56.3 Å². The average Bonchev–Trinajstić information content (AvgIpc) is 3.52. The van der Waals surface area contributed by atoms with Gasteiger partial charge < -0.3 is 26.0 Å². The van der Waals surface area contributed by atoms with Crippen molar-refractivity contribution in [3.05, 3.63) is 76.0 Å². The van der Waals surface area contributed by atoms with Gasteiger partial charge in [0, 0.05) is 24.3 Å². The number of hydrogen-bond acceptors (Lipinski definition) is 7. The molecule has 0 bridgehead atoms. The summed E-state index contributed by atoms with van der Waals surface area (Å²) in [5.41, 5.74) is 4.87. The molecule has 1 saturated heterocycles. The van der Waals surface area contributed by atoms with Gasteiger partial charge in [0.2, 0.25) is 5.91 Å². The number of halogens is 4. The van der Waals surface area contributed by atoms with Crippen molar-refractivity contribution in [3.8, 4) is 5.75 Å². The molecule has 5 rings (SSSR count). The summed E-state index contributed by atoms with van der Waals surface area (Å²) in [4.78, 5) is 45.5. The van der Waals surface area contributed by atoms with Crippen LogP contribution in [0.4, 0.5) is 34.6 Å². The van der Waals surface area contributed by atoms with Crippen molar-refractivity contribution in [2.75, 3.05) is 35.7 Å². The summed E-state index contributed by atoms with van der Waals surface area (Å²) in [7, 11) is 1.37. The minimum Gasteiger partial charge on any atom is -0.496 e. The Bertz CT molecular complexity index is 1760. The zero-order valence-electron chi connectivity index (χ0n) is 22.8. The van der Waals surface area contributed by atoms with Crippen molar-refractivity contribution in [1.82, 2.24) is 4.98 Å². The topological polar surface area (TPSA) is 127 Å². The standard InChI is InChI=1S/C29H25F4N5O4S/c1-14-35-23-11-22(18(10-25(23)43-14)27(40)36-16-3-5-21(30)20(8-16)29(31,32)33)37-28(41)19-9-17(4-6-24(19)42-2)38-13-15(12-34)7-26(38)39/h3-6,8-11,15H,7,12-13,34H2,1-2H3,(H,36,40)(H,37,41). The first-order valence-corrected chi connectivity index (χ1v) is 13.8. The minimum atomic E-state index is -4.97. The normalized spacial score (nSPS) is 15.2. The predicted molar refractivity (Wildman–Crippen MR) is 154 cm³/mol. The van der Waals surface area contributed by atoms with Crippen molar-refractivity contribution in [2.45, 2.75) is 19.5 Å². The van der Waals surface area contributed by atoms with Crippen LogP contribution in [-0.2, 0) is 11.0 Å². The van der Waals surface area contributed by atoms with Gasteiger partial charge in [0.15, 0.2) is 0 Å². The second-order valence-electron chi connectivity index (χ2n) is 9.89. The highest BCUT2D eigenvalue weighted by Gasteiger charge is 2.34. The lowest BCUT2D eigenvalue weighted by molar-refractivity contribution is -0.140. The Morgan fingerprint density at radius 3 is 2.51 bits per heavy atom. The molecule has 4 aromatic rings. The van der Waals surface area contributed by atoms with Crippen LogP contribution in [0.1, 0.15) is 37.7 Å². The number of nitrogens with one attached hydrogen (secondary N) is 2. The van der Waals surface area contributed by atoms with Crippen LogP contribution in [0.3, 0.4) is 0 Å². The number of nitrogens with two attached hydrogens (primary N) is 1. The zero-order valence-corrected chi connectivity index (χ0v) is 23.7. The van der Waals surface area contributed by atoms with Crippen LogP contribution < -0.4 is 26.0 Å². The number of hydrogen-bond donors (Lipinski definition) is 3. The number of methoxy groups -OCH3 is 1. The number of benzene rings is 3. The third kappa shape index (κ3) is 6.15. The van der Waals surface area contributed by atoms with E-state index in [2.05, 4.69) is 15.6 Å². The number of anilines is 3. The highest BCUT2D eigenvalue weighted by Crippen LogP contribution is 2.35. The monoisotopic (exact) mass is 615 g/mol. The minimum absolute atomic E-state index is 0.0189. The quantitative estimate of drug-likeness (QED) is 0.233. The predicted octanol–water partition coefficient (Wildman–Crippen LogP) is 5.59. The van der Waals surface area contributed by atoms with Crippen molar-refractivity contribution < 1.29 is 36.7 Å². The Hall–Kier alpha value is -4.56. The molecule has 3 aromatic carbocycles. The number of carbonyl (C=O) groups is 3. The Kier molecular flexibility index (Phi) is 8.08. The van der Waals surface area contributed by atoms with Gasteiger partial charge in [-0.15, -0.1) is 11.3 Å². The van der Waals surface area contributed by atoms with Gasteiger partial charge in [-0.25, -0.2) is 9.37 Å². The molecular formula is C29H25F4N5O4S. The lowest BCUT2D eigenvalue weighted by Gasteiger charge is -2.19. The van der Waals surface area contributed by atoms with Crippen LogP contribution in [-0.4, -0.2) is 42.9 Å². The highest BCUT2D eigenvalue weighted by atomic mass is 32.1. The summed E-state index contributed by atoms with van der Waals surface area (Å²) < 4.78 is 59.5. The molecule has 14 heteroatoms. The lowest BCUT2D eigenvalue weighted by Crippen LogP contribution is -2.26. The molecule has 1 fully saturated rings. The maximum atomic E-state index is 13.8. The second kappa shape index (κ2) is 11.6. The van der Waals surface area contributed by atoms with E-state index in [4.69, 9.17) is 10.5 Å². The van der Waals surface area contributed by atoms with Gasteiger partial charge >= 0.3 is 6.18 Å². The van der Waals surface area contributed by atoms with E-state index in [-0.39, 0.29) is 46.5 Å². The first-order chi connectivity index (χ1) is 20.4. The molecule has 1 unspecified atom stereocenters. The number of nitrogens with zero attached hydrogens (tertiary/aromatic N) is 2. The molecule has 1 aliphatic heterocycles. The van der Waals surface area contributed by atoms with Crippen LogP contribution in [0.25, 0.3) is 10.2 Å². The van der Waals surface area contributed by atoms with Crippen LogP contribution in [0.2, 0.25) is 0 Å². The Morgan fingerprint density at radius 1 is 1.09 bits per heavy atom. The van der Waals surface area contributed by atoms with Crippen LogP contribution >= 0.6 is 11.3 Å². The first kappa shape index (κ1) is 29.9. The Morgan fingerprint density at radius 2 is 1.84 bits per heavy atom. The Labute approximate surface area is 246 Å². The van der Waals surface area contributed by atoms with E-state index in [1.807, 2.05) is 0 Å². The fraction of sp³-hybridized carbons (Fsp3) is 0.241. The van der Waals surface area contributed by atoms with Gasteiger partial charge in [-0.1, -0.05) is 0 Å². The van der Waals surface area contributed by atoms with Crippen molar-refractivity contribution in [3.63, 3.8) is 0 Å². The third-order valence-electron chi connectivity index (χ3n) is 6.93. The zero-order chi connectivity index (χ0) is 31.1. The molecule has 9 nitrogen and oxygen atoms in total. The Balaban J connectivity index is 1.49. The highest BCUT2D eigenvalue weighted by molar-refractivity contribution is 7.18. The van der Waals surface area contributed by atoms with Crippen LogP contribution in [0.5, 0.6) is 5.75 Å². The number of alkyl halides is 3. The molecule has 2 heterocycles. The van der Waals surface area contributed by atoms with E-state index < -0.39 is 29.4 Å². The molecule has 1 aromatic heterocycles. The molecular weight excluding hydrogens is 590 g/mol. The summed E-state index contributed by atoms with van der Waals surface area (Å²) in [5, 5.41) is 5.72. The maximum absolute atomic E-state index is 13.8. The number of aromatic nitrogens is 1. The van der Waals surface area contributed by atoms with Crippen molar-refractivity contribution in [1.29, 1.82) is 0 Å². The maximum Gasteiger partial charge on any atom is 0.419 e. The second-order valence-corrected chi connectivity index (χ2v) is 11.1. The molecule has 4 N–H and O–H groups in total. The SMILES string of the molecule is COc1ccc(N2CC(CN)CC2=O)cc1C(=O)Nc1cc2nc(C)sc2cc1C(=O)Nc1ccc(F)c(C(F)(F)F)c1. The molecule has 3 amide bonds. The van der Waals surface area contributed by atoms with Gasteiger partial charge in [-0.05, 0) is 67.9 Å². The number of carbonyl (C=O) groups excluding carboxylic acids is 3. The molecule has 0 saturated carbocycles. The number of ether oxygens (including phenoxy) is 1. The van der Waals surface area contributed by atoms with Crippen LogP contribution in [0, 0.1) is 18.7 Å². The molecule has 1 atom stereocenters. The van der Waals surface area contributed by atoms with Gasteiger partial charge in [0.05, 0.1) is 44.7 Å². The average molecular weight is 616 g/mol. The smallest absolute Gasteiger partial charge is 0.419 e. The van der Waals surface area contributed by atoms with Gasteiger partial charge in [0.1, 0.15) is 11.6 Å². The number of fused-ring (bicyclic) bond motifs is 1. The van der Waals surface area contributed by atoms with E-state index >= 15 is 0 Å².